The number of hydrogen-bond donors (Lipinski definition) is 0. The summed E-state index contributed by atoms with van der Waals surface area (Å²) in [6.07, 6.45) is 0.203. The highest BCUT2D eigenvalue weighted by molar-refractivity contribution is 9.10. The molecule has 1 aromatic carbocycles. The molecule has 0 atom stereocenters. The van der Waals surface area contributed by atoms with Gasteiger partial charge in [0.25, 0.3) is 0 Å². The first-order valence-electron chi connectivity index (χ1n) is 5.16. The van der Waals surface area contributed by atoms with Crippen LogP contribution >= 0.6 is 15.9 Å². The van der Waals surface area contributed by atoms with Gasteiger partial charge in [-0.2, -0.15) is 0 Å². The average molecular weight is 287 g/mol. The molecule has 0 N–H and O–H groups in total. The van der Waals surface area contributed by atoms with Crippen molar-refractivity contribution in [1.82, 2.24) is 0 Å². The maximum absolute atomic E-state index is 11.2. The number of ether oxygens (including phenoxy) is 2. The van der Waals surface area contributed by atoms with Crippen LogP contribution in [0.2, 0.25) is 0 Å². The van der Waals surface area contributed by atoms with Gasteiger partial charge in [0.15, 0.2) is 0 Å². The lowest BCUT2D eigenvalue weighted by atomic mass is 10.3. The second-order valence-electron chi connectivity index (χ2n) is 3.59. The molecule has 1 rings (SSSR count). The number of esters is 1. The van der Waals surface area contributed by atoms with Crippen molar-refractivity contribution >= 4 is 21.9 Å². The van der Waals surface area contributed by atoms with Gasteiger partial charge in [0.2, 0.25) is 0 Å². The summed E-state index contributed by atoms with van der Waals surface area (Å²) in [6, 6.07) is 7.47. The zero-order valence-electron chi connectivity index (χ0n) is 9.40. The summed E-state index contributed by atoms with van der Waals surface area (Å²) >= 11 is 3.33. The molecule has 0 fully saturated rings. The van der Waals surface area contributed by atoms with E-state index in [1.807, 2.05) is 38.1 Å². The number of rotatable bonds is 5. The first-order chi connectivity index (χ1) is 7.58. The number of hydrogen-bond acceptors (Lipinski definition) is 3. The fourth-order valence-corrected chi connectivity index (χ4v) is 1.37. The van der Waals surface area contributed by atoms with Crippen molar-refractivity contribution in [3.63, 3.8) is 0 Å². The summed E-state index contributed by atoms with van der Waals surface area (Å²) in [6.45, 7) is 3.99. The molecule has 0 radical (unpaired) electrons. The minimum absolute atomic E-state index is 0.0693. The van der Waals surface area contributed by atoms with Gasteiger partial charge in [-0.25, -0.2) is 0 Å². The monoisotopic (exact) mass is 286 g/mol. The molecule has 0 saturated heterocycles. The molecule has 4 heteroatoms. The maximum Gasteiger partial charge on any atom is 0.309 e. The van der Waals surface area contributed by atoms with Crippen molar-refractivity contribution in [1.29, 1.82) is 0 Å². The fourth-order valence-electron chi connectivity index (χ4n) is 1.10. The lowest BCUT2D eigenvalue weighted by Gasteiger charge is -2.08. The first-order valence-corrected chi connectivity index (χ1v) is 5.95. The van der Waals surface area contributed by atoms with Crippen LogP contribution in [0.4, 0.5) is 0 Å². The van der Waals surface area contributed by atoms with Gasteiger partial charge >= 0.3 is 5.97 Å². The Kier molecular flexibility index (Phi) is 5.32. The number of carbonyl (C=O) groups is 1. The lowest BCUT2D eigenvalue weighted by Crippen LogP contribution is -2.14. The Morgan fingerprint density at radius 3 is 2.50 bits per heavy atom. The van der Waals surface area contributed by atoms with E-state index in [0.717, 1.165) is 10.2 Å². The van der Waals surface area contributed by atoms with Crippen LogP contribution in [0.3, 0.4) is 0 Å². The number of benzene rings is 1. The molecule has 0 unspecified atom stereocenters. The van der Waals surface area contributed by atoms with Crippen LogP contribution in [-0.2, 0) is 9.53 Å². The third kappa shape index (κ3) is 5.16. The minimum Gasteiger partial charge on any atom is -0.493 e. The van der Waals surface area contributed by atoms with Crippen molar-refractivity contribution < 1.29 is 14.3 Å². The van der Waals surface area contributed by atoms with Crippen LogP contribution < -0.4 is 4.74 Å². The van der Waals surface area contributed by atoms with Crippen molar-refractivity contribution in [3.8, 4) is 5.75 Å². The maximum atomic E-state index is 11.2. The van der Waals surface area contributed by atoms with Crippen LogP contribution in [0.25, 0.3) is 0 Å². The molecular weight excluding hydrogens is 272 g/mol. The first kappa shape index (κ1) is 13.0. The molecule has 0 bridgehead atoms. The summed E-state index contributed by atoms with van der Waals surface area (Å²) in [5.41, 5.74) is 0. The van der Waals surface area contributed by atoms with Crippen molar-refractivity contribution in [2.24, 2.45) is 0 Å². The van der Waals surface area contributed by atoms with Gasteiger partial charge in [-0.05, 0) is 38.1 Å². The second-order valence-corrected chi connectivity index (χ2v) is 4.51. The number of carbonyl (C=O) groups excluding carboxylic acids is 1. The van der Waals surface area contributed by atoms with E-state index in [2.05, 4.69) is 15.9 Å². The molecule has 1 aromatic rings. The highest BCUT2D eigenvalue weighted by atomic mass is 79.9. The molecule has 0 heterocycles. The van der Waals surface area contributed by atoms with E-state index in [9.17, 15) is 4.79 Å². The molecule has 0 aliphatic heterocycles. The van der Waals surface area contributed by atoms with Crippen LogP contribution in [0.1, 0.15) is 20.3 Å². The van der Waals surface area contributed by atoms with Gasteiger partial charge < -0.3 is 9.47 Å². The molecule has 0 aliphatic rings. The SMILES string of the molecule is CC(C)OC(=O)CCOc1ccc(Br)cc1. The highest BCUT2D eigenvalue weighted by Gasteiger charge is 2.05. The Hall–Kier alpha value is -1.03. The van der Waals surface area contributed by atoms with Crippen molar-refractivity contribution in [2.75, 3.05) is 6.61 Å². The third-order valence-corrected chi connectivity index (χ3v) is 2.28. The Balaban J connectivity index is 2.25. The Morgan fingerprint density at radius 1 is 1.31 bits per heavy atom. The normalized spacial score (nSPS) is 10.2. The predicted octanol–water partition coefficient (Wildman–Crippen LogP) is 3.17. The van der Waals surface area contributed by atoms with Gasteiger partial charge in [-0.1, -0.05) is 15.9 Å². The van der Waals surface area contributed by atoms with E-state index in [1.54, 1.807) is 0 Å². The van der Waals surface area contributed by atoms with Crippen LogP contribution in [0.5, 0.6) is 5.75 Å². The molecule has 0 saturated carbocycles. The van der Waals surface area contributed by atoms with Gasteiger partial charge in [0.1, 0.15) is 5.75 Å². The summed E-state index contributed by atoms with van der Waals surface area (Å²) < 4.78 is 11.4. The standard InChI is InChI=1S/C12H15BrO3/c1-9(2)16-12(14)7-8-15-11-5-3-10(13)4-6-11/h3-6,9H,7-8H2,1-2H3. The van der Waals surface area contributed by atoms with Crippen LogP contribution in [-0.4, -0.2) is 18.7 Å². The van der Waals surface area contributed by atoms with Crippen LogP contribution in [0, 0.1) is 0 Å². The fraction of sp³-hybridized carbons (Fsp3) is 0.417. The van der Waals surface area contributed by atoms with Gasteiger partial charge in [0, 0.05) is 4.47 Å². The molecule has 0 aromatic heterocycles. The largest absolute Gasteiger partial charge is 0.493 e. The molecule has 88 valence electrons. The van der Waals surface area contributed by atoms with E-state index in [0.29, 0.717) is 6.61 Å². The molecular formula is C12H15BrO3. The van der Waals surface area contributed by atoms with E-state index in [-0.39, 0.29) is 18.5 Å². The summed E-state index contributed by atoms with van der Waals surface area (Å²) in [5, 5.41) is 0. The molecule has 0 aliphatic carbocycles. The second kappa shape index (κ2) is 6.53. The zero-order valence-corrected chi connectivity index (χ0v) is 11.0. The number of halogens is 1. The quantitative estimate of drug-likeness (QED) is 0.780. The minimum atomic E-state index is -0.230. The summed E-state index contributed by atoms with van der Waals surface area (Å²) in [5.74, 6) is 0.521. The molecule has 0 amide bonds. The van der Waals surface area contributed by atoms with Gasteiger partial charge in [0.05, 0.1) is 19.1 Å². The van der Waals surface area contributed by atoms with E-state index in [1.165, 1.54) is 0 Å². The Bertz CT molecular complexity index is 333. The highest BCUT2D eigenvalue weighted by Crippen LogP contribution is 2.16. The third-order valence-electron chi connectivity index (χ3n) is 1.76. The van der Waals surface area contributed by atoms with Gasteiger partial charge in [-0.3, -0.25) is 4.79 Å². The average Bonchev–Trinajstić information content (AvgIpc) is 2.20. The Labute approximate surface area is 104 Å². The molecule has 3 nitrogen and oxygen atoms in total. The smallest absolute Gasteiger partial charge is 0.309 e. The van der Waals surface area contributed by atoms with Crippen molar-refractivity contribution in [2.45, 2.75) is 26.4 Å². The predicted molar refractivity (Wildman–Crippen MR) is 65.5 cm³/mol. The molecule has 0 spiro atoms. The topological polar surface area (TPSA) is 35.5 Å². The molecule has 16 heavy (non-hydrogen) atoms. The Morgan fingerprint density at radius 2 is 1.94 bits per heavy atom. The van der Waals surface area contributed by atoms with Crippen LogP contribution in [0.15, 0.2) is 28.7 Å². The van der Waals surface area contributed by atoms with Crippen molar-refractivity contribution in [3.05, 3.63) is 28.7 Å². The van der Waals surface area contributed by atoms with E-state index >= 15 is 0 Å². The van der Waals surface area contributed by atoms with E-state index in [4.69, 9.17) is 9.47 Å². The summed E-state index contributed by atoms with van der Waals surface area (Å²) in [4.78, 5) is 11.2. The zero-order chi connectivity index (χ0) is 12.0. The van der Waals surface area contributed by atoms with E-state index < -0.39 is 0 Å². The lowest BCUT2D eigenvalue weighted by molar-refractivity contribution is -0.147. The summed E-state index contributed by atoms with van der Waals surface area (Å²) in [7, 11) is 0. The van der Waals surface area contributed by atoms with Gasteiger partial charge in [-0.15, -0.1) is 0 Å².